The summed E-state index contributed by atoms with van der Waals surface area (Å²) in [7, 11) is -2.78. The van der Waals surface area contributed by atoms with Crippen molar-refractivity contribution < 1.29 is 27.1 Å². The van der Waals surface area contributed by atoms with E-state index in [-0.39, 0.29) is 23.0 Å². The van der Waals surface area contributed by atoms with Gasteiger partial charge in [-0.3, -0.25) is 13.9 Å². The SMILES string of the molecule is CCNC(=O)[C@@H](C)N(Cc1ccccc1)C(=O)CN(c1ccc(F)cc1)S(=O)(=O)c1ccc(OC)cc1. The van der Waals surface area contributed by atoms with E-state index in [4.69, 9.17) is 4.74 Å². The zero-order valence-corrected chi connectivity index (χ0v) is 21.7. The lowest BCUT2D eigenvalue weighted by Gasteiger charge is -2.32. The van der Waals surface area contributed by atoms with Gasteiger partial charge in [-0.25, -0.2) is 12.8 Å². The van der Waals surface area contributed by atoms with E-state index in [0.29, 0.717) is 12.3 Å². The van der Waals surface area contributed by atoms with Gasteiger partial charge in [0.2, 0.25) is 11.8 Å². The quantitative estimate of drug-likeness (QED) is 0.411. The Hall–Kier alpha value is -3.92. The number of hydrogen-bond acceptors (Lipinski definition) is 5. The van der Waals surface area contributed by atoms with Crippen LogP contribution in [0.5, 0.6) is 5.75 Å². The zero-order chi connectivity index (χ0) is 27.0. The van der Waals surface area contributed by atoms with Crippen molar-refractivity contribution in [2.45, 2.75) is 31.3 Å². The average Bonchev–Trinajstić information content (AvgIpc) is 2.91. The second kappa shape index (κ2) is 12.4. The Morgan fingerprint density at radius 2 is 1.59 bits per heavy atom. The van der Waals surface area contributed by atoms with E-state index in [2.05, 4.69) is 5.32 Å². The molecule has 0 heterocycles. The molecule has 1 N–H and O–H groups in total. The van der Waals surface area contributed by atoms with Gasteiger partial charge in [0.1, 0.15) is 24.2 Å². The number of sulfonamides is 1. The Morgan fingerprint density at radius 1 is 0.973 bits per heavy atom. The molecule has 3 aromatic carbocycles. The Bertz CT molecular complexity index is 1300. The lowest BCUT2D eigenvalue weighted by molar-refractivity contribution is -0.139. The van der Waals surface area contributed by atoms with E-state index >= 15 is 0 Å². The highest BCUT2D eigenvalue weighted by molar-refractivity contribution is 7.92. The van der Waals surface area contributed by atoms with E-state index in [1.165, 1.54) is 48.4 Å². The molecule has 1 atom stereocenters. The smallest absolute Gasteiger partial charge is 0.264 e. The van der Waals surface area contributed by atoms with Crippen LogP contribution in [-0.4, -0.2) is 51.4 Å². The van der Waals surface area contributed by atoms with Gasteiger partial charge >= 0.3 is 0 Å². The number of amides is 2. The van der Waals surface area contributed by atoms with Crippen molar-refractivity contribution in [3.8, 4) is 5.75 Å². The Labute approximate surface area is 216 Å². The molecule has 8 nitrogen and oxygen atoms in total. The Balaban J connectivity index is 2.01. The minimum Gasteiger partial charge on any atom is -0.497 e. The van der Waals surface area contributed by atoms with Crippen molar-refractivity contribution >= 4 is 27.5 Å². The van der Waals surface area contributed by atoms with Gasteiger partial charge in [-0.1, -0.05) is 30.3 Å². The van der Waals surface area contributed by atoms with Crippen molar-refractivity contribution in [1.82, 2.24) is 10.2 Å². The normalized spacial score (nSPS) is 11.9. The molecule has 0 aliphatic rings. The zero-order valence-electron chi connectivity index (χ0n) is 20.9. The van der Waals surface area contributed by atoms with Crippen molar-refractivity contribution in [3.05, 3.63) is 90.2 Å². The molecule has 0 aromatic heterocycles. The predicted octanol–water partition coefficient (Wildman–Crippen LogP) is 3.58. The molecule has 3 rings (SSSR count). The Kier molecular flexibility index (Phi) is 9.24. The number of nitrogens with zero attached hydrogens (tertiary/aromatic N) is 2. The predicted molar refractivity (Wildman–Crippen MR) is 139 cm³/mol. The van der Waals surface area contributed by atoms with Crippen molar-refractivity contribution in [2.75, 3.05) is 24.5 Å². The molecule has 0 aliphatic carbocycles. The summed E-state index contributed by atoms with van der Waals surface area (Å²) in [6, 6.07) is 18.8. The maximum absolute atomic E-state index is 13.7. The van der Waals surface area contributed by atoms with Gasteiger partial charge in [0.15, 0.2) is 0 Å². The molecule has 37 heavy (non-hydrogen) atoms. The molecular weight excluding hydrogens is 497 g/mol. The van der Waals surface area contributed by atoms with Crippen LogP contribution in [-0.2, 0) is 26.2 Å². The van der Waals surface area contributed by atoms with Gasteiger partial charge in [-0.15, -0.1) is 0 Å². The van der Waals surface area contributed by atoms with Crippen LogP contribution in [0.4, 0.5) is 10.1 Å². The molecule has 0 fully saturated rings. The van der Waals surface area contributed by atoms with Crippen LogP contribution >= 0.6 is 0 Å². The van der Waals surface area contributed by atoms with Gasteiger partial charge in [0.05, 0.1) is 17.7 Å². The third kappa shape index (κ3) is 6.85. The van der Waals surface area contributed by atoms with Crippen LogP contribution in [0.25, 0.3) is 0 Å². The highest BCUT2D eigenvalue weighted by Crippen LogP contribution is 2.26. The summed E-state index contributed by atoms with van der Waals surface area (Å²) >= 11 is 0. The fourth-order valence-electron chi connectivity index (χ4n) is 3.70. The van der Waals surface area contributed by atoms with E-state index in [1.807, 2.05) is 30.3 Å². The highest BCUT2D eigenvalue weighted by Gasteiger charge is 2.32. The number of ether oxygens (including phenoxy) is 1. The average molecular weight is 528 g/mol. The molecule has 0 saturated heterocycles. The largest absolute Gasteiger partial charge is 0.497 e. The number of carbonyl (C=O) groups is 2. The first-order chi connectivity index (χ1) is 17.7. The topological polar surface area (TPSA) is 96.0 Å². The van der Waals surface area contributed by atoms with Crippen LogP contribution in [0, 0.1) is 5.82 Å². The fourth-order valence-corrected chi connectivity index (χ4v) is 5.11. The van der Waals surface area contributed by atoms with Crippen LogP contribution in [0.1, 0.15) is 19.4 Å². The number of anilines is 1. The molecule has 0 aliphatic heterocycles. The first-order valence-corrected chi connectivity index (χ1v) is 13.1. The van der Waals surface area contributed by atoms with Gasteiger partial charge in [0.25, 0.3) is 10.0 Å². The summed E-state index contributed by atoms with van der Waals surface area (Å²) in [6.07, 6.45) is 0. The van der Waals surface area contributed by atoms with Crippen LogP contribution < -0.4 is 14.4 Å². The molecule has 0 bridgehead atoms. The number of benzene rings is 3. The minimum atomic E-state index is -4.24. The lowest BCUT2D eigenvalue weighted by Crippen LogP contribution is -2.51. The maximum atomic E-state index is 13.7. The number of nitrogens with one attached hydrogen (secondary N) is 1. The van der Waals surface area contributed by atoms with Crippen LogP contribution in [0.2, 0.25) is 0 Å². The van der Waals surface area contributed by atoms with Crippen LogP contribution in [0.15, 0.2) is 83.8 Å². The molecular formula is C27H30FN3O5S. The third-order valence-electron chi connectivity index (χ3n) is 5.75. The lowest BCUT2D eigenvalue weighted by atomic mass is 10.1. The van der Waals surface area contributed by atoms with E-state index in [9.17, 15) is 22.4 Å². The molecule has 196 valence electrons. The van der Waals surface area contributed by atoms with Gasteiger partial charge in [0, 0.05) is 13.1 Å². The van der Waals surface area contributed by atoms with Gasteiger partial charge < -0.3 is 15.0 Å². The summed E-state index contributed by atoms with van der Waals surface area (Å²) < 4.78 is 47.0. The first-order valence-electron chi connectivity index (χ1n) is 11.7. The second-order valence-electron chi connectivity index (χ2n) is 8.24. The number of halogens is 1. The van der Waals surface area contributed by atoms with E-state index in [1.54, 1.807) is 13.8 Å². The molecule has 0 radical (unpaired) electrons. The minimum absolute atomic E-state index is 0.0724. The summed E-state index contributed by atoms with van der Waals surface area (Å²) in [4.78, 5) is 27.6. The van der Waals surface area contributed by atoms with Gasteiger partial charge in [-0.05, 0) is 67.9 Å². The number of carbonyl (C=O) groups excluding carboxylic acids is 2. The van der Waals surface area contributed by atoms with E-state index < -0.39 is 34.3 Å². The van der Waals surface area contributed by atoms with E-state index in [0.717, 1.165) is 22.0 Å². The fraction of sp³-hybridized carbons (Fsp3) is 0.259. The summed E-state index contributed by atoms with van der Waals surface area (Å²) in [6.45, 7) is 3.23. The molecule has 10 heteroatoms. The molecule has 3 aromatic rings. The molecule has 0 saturated carbocycles. The first kappa shape index (κ1) is 27.7. The third-order valence-corrected chi connectivity index (χ3v) is 7.54. The second-order valence-corrected chi connectivity index (χ2v) is 10.1. The number of hydrogen-bond donors (Lipinski definition) is 1. The van der Waals surface area contributed by atoms with Crippen LogP contribution in [0.3, 0.4) is 0 Å². The molecule has 0 spiro atoms. The maximum Gasteiger partial charge on any atom is 0.264 e. The summed E-state index contributed by atoms with van der Waals surface area (Å²) in [5.41, 5.74) is 0.884. The number of likely N-dealkylation sites (N-methyl/N-ethyl adjacent to an activating group) is 1. The van der Waals surface area contributed by atoms with Gasteiger partial charge in [-0.2, -0.15) is 0 Å². The molecule has 2 amide bonds. The number of rotatable bonds is 11. The monoisotopic (exact) mass is 527 g/mol. The van der Waals surface area contributed by atoms with Crippen molar-refractivity contribution in [1.29, 1.82) is 0 Å². The standard InChI is InChI=1S/C27H30FN3O5S/c1-4-29-27(33)20(2)30(18-21-8-6-5-7-9-21)26(32)19-31(23-12-10-22(28)11-13-23)37(34,35)25-16-14-24(36-3)15-17-25/h5-17,20H,4,18-19H2,1-3H3,(H,29,33)/t20-/m1/s1. The number of methoxy groups -OCH3 is 1. The van der Waals surface area contributed by atoms with Crippen molar-refractivity contribution in [2.24, 2.45) is 0 Å². The van der Waals surface area contributed by atoms with Crippen molar-refractivity contribution in [3.63, 3.8) is 0 Å². The summed E-state index contributed by atoms with van der Waals surface area (Å²) in [5.74, 6) is -1.04. The highest BCUT2D eigenvalue weighted by atomic mass is 32.2. The molecule has 0 unspecified atom stereocenters. The summed E-state index contributed by atoms with van der Waals surface area (Å²) in [5, 5.41) is 2.71. The Morgan fingerprint density at radius 3 is 2.16 bits per heavy atom.